The minimum atomic E-state index is -0.299. The lowest BCUT2D eigenvalue weighted by molar-refractivity contribution is -0.137. The van der Waals surface area contributed by atoms with Gasteiger partial charge in [-0.05, 0) is 61.2 Å². The summed E-state index contributed by atoms with van der Waals surface area (Å²) >= 11 is 5.92. The Morgan fingerprint density at radius 2 is 1.78 bits per heavy atom. The maximum Gasteiger partial charge on any atom is 0.260 e. The number of nitrogens with zero attached hydrogens (tertiary/aromatic N) is 3. The van der Waals surface area contributed by atoms with Gasteiger partial charge in [0, 0.05) is 23.0 Å². The molecule has 0 radical (unpaired) electrons. The second-order valence-corrected chi connectivity index (χ2v) is 11.2. The summed E-state index contributed by atoms with van der Waals surface area (Å²) in [4.78, 5) is 27.7. The van der Waals surface area contributed by atoms with Crippen LogP contribution in [0.15, 0.2) is 48.5 Å². The zero-order chi connectivity index (χ0) is 27.3. The lowest BCUT2D eigenvalue weighted by Crippen LogP contribution is -2.42. The van der Waals surface area contributed by atoms with E-state index in [1.54, 1.807) is 28.9 Å². The fraction of sp³-hybridized carbons (Fsp3) is 0.414. The van der Waals surface area contributed by atoms with Crippen LogP contribution in [0.3, 0.4) is 0 Å². The van der Waals surface area contributed by atoms with Gasteiger partial charge < -0.3 is 15.0 Å². The lowest BCUT2D eigenvalue weighted by atomic mass is 9.92. The Balaban J connectivity index is 1.80. The summed E-state index contributed by atoms with van der Waals surface area (Å²) < 4.78 is 7.41. The molecule has 0 aliphatic rings. The molecule has 2 amide bonds. The Hall–Kier alpha value is -3.32. The first-order valence-corrected chi connectivity index (χ1v) is 12.9. The number of hydrogen-bond donors (Lipinski definition) is 1. The molecule has 1 heterocycles. The highest BCUT2D eigenvalue weighted by atomic mass is 35.5. The zero-order valence-electron chi connectivity index (χ0n) is 22.8. The van der Waals surface area contributed by atoms with Crippen molar-refractivity contribution in [3.63, 3.8) is 0 Å². The van der Waals surface area contributed by atoms with E-state index in [4.69, 9.17) is 21.4 Å². The molecule has 0 bridgehead atoms. The van der Waals surface area contributed by atoms with Gasteiger partial charge in [0.05, 0.1) is 11.4 Å². The molecule has 0 saturated carbocycles. The smallest absolute Gasteiger partial charge is 0.260 e. The Morgan fingerprint density at radius 3 is 2.41 bits per heavy atom. The molecule has 0 aliphatic heterocycles. The summed E-state index contributed by atoms with van der Waals surface area (Å²) in [7, 11) is 0. The number of benzene rings is 2. The molecule has 198 valence electrons. The number of halogens is 1. The Kier molecular flexibility index (Phi) is 9.02. The molecule has 0 aliphatic carbocycles. The number of aryl methyl sites for hydroxylation is 1. The highest BCUT2D eigenvalue weighted by Crippen LogP contribution is 2.28. The third kappa shape index (κ3) is 7.59. The normalized spacial score (nSPS) is 11.5. The van der Waals surface area contributed by atoms with E-state index in [2.05, 4.69) is 26.1 Å². The molecule has 37 heavy (non-hydrogen) atoms. The van der Waals surface area contributed by atoms with Crippen molar-refractivity contribution in [2.24, 2.45) is 5.92 Å². The SMILES string of the molecule is Cc1cccc(-n2nc(C(C)(C)C)cc2NC(=O)CN(CC(C)C)C(=O)COc2ccc(Cl)cc2)c1C. The minimum Gasteiger partial charge on any atom is -0.484 e. The highest BCUT2D eigenvalue weighted by molar-refractivity contribution is 6.30. The Bertz CT molecular complexity index is 1240. The molecule has 0 unspecified atom stereocenters. The Morgan fingerprint density at radius 1 is 1.11 bits per heavy atom. The average Bonchev–Trinajstić information content (AvgIpc) is 3.23. The Labute approximate surface area is 224 Å². The van der Waals surface area contributed by atoms with Crippen molar-refractivity contribution in [3.05, 3.63) is 70.4 Å². The van der Waals surface area contributed by atoms with E-state index in [1.807, 2.05) is 52.0 Å². The van der Waals surface area contributed by atoms with Crippen LogP contribution in [0.1, 0.15) is 51.4 Å². The fourth-order valence-electron chi connectivity index (χ4n) is 3.80. The van der Waals surface area contributed by atoms with Crippen molar-refractivity contribution in [3.8, 4) is 11.4 Å². The van der Waals surface area contributed by atoms with E-state index >= 15 is 0 Å². The van der Waals surface area contributed by atoms with Crippen LogP contribution < -0.4 is 10.1 Å². The summed E-state index contributed by atoms with van der Waals surface area (Å²) in [5, 5.41) is 8.42. The number of aromatic nitrogens is 2. The van der Waals surface area contributed by atoms with Crippen LogP contribution in [0.2, 0.25) is 5.02 Å². The average molecular weight is 525 g/mol. The number of hydrogen-bond acceptors (Lipinski definition) is 4. The van der Waals surface area contributed by atoms with Gasteiger partial charge in [-0.1, -0.05) is 58.4 Å². The molecular formula is C29H37ClN4O3. The first kappa shape index (κ1) is 28.3. The monoisotopic (exact) mass is 524 g/mol. The lowest BCUT2D eigenvalue weighted by Gasteiger charge is -2.24. The standard InChI is InChI=1S/C29H37ClN4O3/c1-19(2)16-33(28(36)18-37-23-13-11-22(30)12-14-23)17-27(35)31-26-15-25(29(5,6)7)32-34(26)24-10-8-9-20(3)21(24)4/h8-15,19H,16-18H2,1-7H3,(H,31,35). The van der Waals surface area contributed by atoms with Gasteiger partial charge >= 0.3 is 0 Å². The molecule has 3 rings (SSSR count). The van der Waals surface area contributed by atoms with Gasteiger partial charge in [-0.2, -0.15) is 5.10 Å². The first-order valence-electron chi connectivity index (χ1n) is 12.5. The zero-order valence-corrected chi connectivity index (χ0v) is 23.5. The van der Waals surface area contributed by atoms with Crippen molar-refractivity contribution < 1.29 is 14.3 Å². The van der Waals surface area contributed by atoms with Gasteiger partial charge in [-0.3, -0.25) is 9.59 Å². The number of carbonyl (C=O) groups is 2. The van der Waals surface area contributed by atoms with E-state index in [1.165, 1.54) is 4.90 Å². The molecule has 1 aromatic heterocycles. The van der Waals surface area contributed by atoms with Gasteiger partial charge in [0.15, 0.2) is 6.61 Å². The number of ether oxygens (including phenoxy) is 1. The van der Waals surface area contributed by atoms with Crippen molar-refractivity contribution in [1.82, 2.24) is 14.7 Å². The predicted octanol–water partition coefficient (Wildman–Crippen LogP) is 5.94. The van der Waals surface area contributed by atoms with Crippen LogP contribution in [0.25, 0.3) is 5.69 Å². The minimum absolute atomic E-state index is 0.0934. The first-order chi connectivity index (χ1) is 17.3. The second-order valence-electron chi connectivity index (χ2n) is 10.8. The largest absolute Gasteiger partial charge is 0.484 e. The summed E-state index contributed by atoms with van der Waals surface area (Å²) in [6.45, 7) is 14.5. The number of amides is 2. The van der Waals surface area contributed by atoms with Crippen molar-refractivity contribution in [1.29, 1.82) is 0 Å². The summed E-state index contributed by atoms with van der Waals surface area (Å²) in [6, 6.07) is 14.7. The predicted molar refractivity (Wildman–Crippen MR) is 149 cm³/mol. The van der Waals surface area contributed by atoms with Crippen LogP contribution in [-0.2, 0) is 15.0 Å². The number of anilines is 1. The van der Waals surface area contributed by atoms with Crippen LogP contribution in [0.5, 0.6) is 5.75 Å². The molecule has 8 heteroatoms. The van der Waals surface area contributed by atoms with Gasteiger partial charge in [-0.25, -0.2) is 4.68 Å². The quantitative estimate of drug-likeness (QED) is 0.375. The summed E-state index contributed by atoms with van der Waals surface area (Å²) in [6.07, 6.45) is 0. The maximum atomic E-state index is 13.2. The highest BCUT2D eigenvalue weighted by Gasteiger charge is 2.24. The number of carbonyl (C=O) groups excluding carboxylic acids is 2. The van der Waals surface area contributed by atoms with Gasteiger partial charge in [0.1, 0.15) is 18.1 Å². The molecule has 0 spiro atoms. The summed E-state index contributed by atoms with van der Waals surface area (Å²) in [5.41, 5.74) is 3.77. The molecular weight excluding hydrogens is 488 g/mol. The van der Waals surface area contributed by atoms with E-state index in [-0.39, 0.29) is 36.3 Å². The molecule has 7 nitrogen and oxygen atoms in total. The molecule has 0 fully saturated rings. The molecule has 0 saturated heterocycles. The maximum absolute atomic E-state index is 13.2. The van der Waals surface area contributed by atoms with Crippen molar-refractivity contribution >= 4 is 29.2 Å². The van der Waals surface area contributed by atoms with Crippen LogP contribution >= 0.6 is 11.6 Å². The van der Waals surface area contributed by atoms with Gasteiger partial charge in [0.2, 0.25) is 5.91 Å². The number of nitrogens with one attached hydrogen (secondary N) is 1. The van der Waals surface area contributed by atoms with Crippen LogP contribution in [0.4, 0.5) is 5.82 Å². The second kappa shape index (κ2) is 11.8. The van der Waals surface area contributed by atoms with E-state index in [0.29, 0.717) is 23.1 Å². The van der Waals surface area contributed by atoms with E-state index < -0.39 is 0 Å². The van der Waals surface area contributed by atoms with Crippen LogP contribution in [-0.4, -0.2) is 46.2 Å². The van der Waals surface area contributed by atoms with Crippen molar-refractivity contribution in [2.45, 2.75) is 53.9 Å². The van der Waals surface area contributed by atoms with Crippen LogP contribution in [0, 0.1) is 19.8 Å². The van der Waals surface area contributed by atoms with E-state index in [0.717, 1.165) is 22.5 Å². The van der Waals surface area contributed by atoms with Gasteiger partial charge in [-0.15, -0.1) is 0 Å². The molecule has 3 aromatic rings. The molecule has 2 aromatic carbocycles. The third-order valence-corrected chi connectivity index (χ3v) is 6.25. The van der Waals surface area contributed by atoms with E-state index in [9.17, 15) is 9.59 Å². The molecule has 1 N–H and O–H groups in total. The van der Waals surface area contributed by atoms with Crippen molar-refractivity contribution in [2.75, 3.05) is 25.0 Å². The fourth-order valence-corrected chi connectivity index (χ4v) is 3.93. The van der Waals surface area contributed by atoms with Gasteiger partial charge in [0.25, 0.3) is 5.91 Å². The third-order valence-electron chi connectivity index (χ3n) is 6.00. The molecule has 0 atom stereocenters. The topological polar surface area (TPSA) is 76.5 Å². The summed E-state index contributed by atoms with van der Waals surface area (Å²) in [5.74, 6) is 0.724. The number of rotatable bonds is 9.